The van der Waals surface area contributed by atoms with Gasteiger partial charge in [-0.05, 0) is 12.0 Å². The Bertz CT molecular complexity index is 798. The smallest absolute Gasteiger partial charge is 0.405 e. The summed E-state index contributed by atoms with van der Waals surface area (Å²) in [4.78, 5) is 7.60. The SMILES string of the molecule is COc1cc(Oc2cnc(NCC(F)(F)F)nc2N)c(C(C)C)cc1OC. The minimum atomic E-state index is -4.39. The minimum Gasteiger partial charge on any atom is -0.493 e. The maximum Gasteiger partial charge on any atom is 0.405 e. The summed E-state index contributed by atoms with van der Waals surface area (Å²) in [5.41, 5.74) is 6.63. The van der Waals surface area contributed by atoms with Gasteiger partial charge in [-0.2, -0.15) is 18.2 Å². The lowest BCUT2D eigenvalue weighted by atomic mass is 10.0. The van der Waals surface area contributed by atoms with Gasteiger partial charge in [-0.3, -0.25) is 0 Å². The molecule has 27 heavy (non-hydrogen) atoms. The first-order chi connectivity index (χ1) is 12.6. The standard InChI is InChI=1S/C17H21F3N4O3/c1-9(2)10-5-12(25-3)13(26-4)6-11(10)27-14-7-22-16(24-15(14)21)23-8-17(18,19)20/h5-7,9H,8H2,1-4H3,(H3,21,22,23,24). The van der Waals surface area contributed by atoms with Gasteiger partial charge in [-0.25, -0.2) is 4.98 Å². The third-order valence-electron chi connectivity index (χ3n) is 3.59. The molecule has 0 fully saturated rings. The number of aromatic nitrogens is 2. The van der Waals surface area contributed by atoms with Gasteiger partial charge in [0.25, 0.3) is 0 Å². The largest absolute Gasteiger partial charge is 0.493 e. The van der Waals surface area contributed by atoms with E-state index in [4.69, 9.17) is 19.9 Å². The number of hydrogen-bond acceptors (Lipinski definition) is 7. The third kappa shape index (κ3) is 5.28. The Morgan fingerprint density at radius 2 is 1.70 bits per heavy atom. The molecule has 0 aliphatic carbocycles. The molecule has 0 saturated heterocycles. The van der Waals surface area contributed by atoms with Crippen LogP contribution in [0.2, 0.25) is 0 Å². The summed E-state index contributed by atoms with van der Waals surface area (Å²) in [7, 11) is 3.02. The molecule has 148 valence electrons. The molecule has 2 rings (SSSR count). The van der Waals surface area contributed by atoms with Crippen LogP contribution in [-0.2, 0) is 0 Å². The molecular formula is C17H21F3N4O3. The Morgan fingerprint density at radius 3 is 2.22 bits per heavy atom. The van der Waals surface area contributed by atoms with Gasteiger partial charge >= 0.3 is 6.18 Å². The lowest BCUT2D eigenvalue weighted by Crippen LogP contribution is -2.22. The van der Waals surface area contributed by atoms with Crippen LogP contribution in [0.3, 0.4) is 0 Å². The summed E-state index contributed by atoms with van der Waals surface area (Å²) in [6, 6.07) is 3.43. The molecule has 0 bridgehead atoms. The number of ether oxygens (including phenoxy) is 3. The van der Waals surface area contributed by atoms with Crippen molar-refractivity contribution in [3.63, 3.8) is 0 Å². The second-order valence-corrected chi connectivity index (χ2v) is 5.91. The van der Waals surface area contributed by atoms with Crippen molar-refractivity contribution < 1.29 is 27.4 Å². The van der Waals surface area contributed by atoms with Crippen molar-refractivity contribution in [1.82, 2.24) is 9.97 Å². The summed E-state index contributed by atoms with van der Waals surface area (Å²) in [6.45, 7) is 2.68. The van der Waals surface area contributed by atoms with Crippen molar-refractivity contribution in [2.75, 3.05) is 31.8 Å². The van der Waals surface area contributed by atoms with Crippen LogP contribution in [0, 0.1) is 0 Å². The van der Waals surface area contributed by atoms with E-state index in [2.05, 4.69) is 15.3 Å². The van der Waals surface area contributed by atoms with Crippen LogP contribution in [0.15, 0.2) is 18.3 Å². The zero-order chi connectivity index (χ0) is 20.2. The Balaban J connectivity index is 2.30. The second kappa shape index (κ2) is 8.19. The van der Waals surface area contributed by atoms with Crippen molar-refractivity contribution in [2.45, 2.75) is 25.9 Å². The van der Waals surface area contributed by atoms with Crippen LogP contribution in [-0.4, -0.2) is 36.9 Å². The van der Waals surface area contributed by atoms with Crippen LogP contribution >= 0.6 is 0 Å². The Kier molecular flexibility index (Phi) is 6.19. The highest BCUT2D eigenvalue weighted by Gasteiger charge is 2.27. The van der Waals surface area contributed by atoms with E-state index < -0.39 is 12.7 Å². The zero-order valence-corrected chi connectivity index (χ0v) is 15.3. The van der Waals surface area contributed by atoms with Gasteiger partial charge in [-0.1, -0.05) is 13.8 Å². The van der Waals surface area contributed by atoms with E-state index in [0.29, 0.717) is 17.2 Å². The van der Waals surface area contributed by atoms with Gasteiger partial charge in [0.15, 0.2) is 23.1 Å². The van der Waals surface area contributed by atoms with Crippen molar-refractivity contribution in [2.24, 2.45) is 0 Å². The molecule has 0 aliphatic rings. The van der Waals surface area contributed by atoms with E-state index in [0.717, 1.165) is 5.56 Å². The normalized spacial score (nSPS) is 11.4. The lowest BCUT2D eigenvalue weighted by Gasteiger charge is -2.18. The van der Waals surface area contributed by atoms with Gasteiger partial charge in [0.05, 0.1) is 20.4 Å². The van der Waals surface area contributed by atoms with E-state index in [1.165, 1.54) is 20.4 Å². The van der Waals surface area contributed by atoms with Gasteiger partial charge < -0.3 is 25.3 Å². The highest BCUT2D eigenvalue weighted by Crippen LogP contribution is 2.40. The molecule has 0 saturated carbocycles. The molecule has 0 amide bonds. The number of rotatable bonds is 7. The van der Waals surface area contributed by atoms with Crippen molar-refractivity contribution in [1.29, 1.82) is 0 Å². The molecule has 0 aliphatic heterocycles. The van der Waals surface area contributed by atoms with Crippen LogP contribution in [0.4, 0.5) is 24.9 Å². The molecule has 0 atom stereocenters. The molecule has 10 heteroatoms. The summed E-state index contributed by atoms with van der Waals surface area (Å²) >= 11 is 0. The first-order valence-electron chi connectivity index (χ1n) is 8.01. The van der Waals surface area contributed by atoms with Crippen LogP contribution in [0.25, 0.3) is 0 Å². The number of benzene rings is 1. The van der Waals surface area contributed by atoms with Crippen LogP contribution in [0.5, 0.6) is 23.0 Å². The minimum absolute atomic E-state index is 0.0923. The Morgan fingerprint density at radius 1 is 1.07 bits per heavy atom. The summed E-state index contributed by atoms with van der Waals surface area (Å²) < 4.78 is 53.2. The van der Waals surface area contributed by atoms with Gasteiger partial charge in [0.2, 0.25) is 5.95 Å². The molecule has 1 aromatic carbocycles. The van der Waals surface area contributed by atoms with E-state index in [1.807, 2.05) is 13.8 Å². The average Bonchev–Trinajstić information content (AvgIpc) is 2.60. The number of halogens is 3. The summed E-state index contributed by atoms with van der Waals surface area (Å²) in [5, 5.41) is 2.06. The first kappa shape index (κ1) is 20.4. The summed E-state index contributed by atoms with van der Waals surface area (Å²) in [6.07, 6.45) is -3.18. The number of alkyl halides is 3. The predicted octanol–water partition coefficient (Wildman–Crippen LogP) is 3.97. The van der Waals surface area contributed by atoms with Crippen molar-refractivity contribution >= 4 is 11.8 Å². The van der Waals surface area contributed by atoms with Gasteiger partial charge in [0.1, 0.15) is 12.3 Å². The first-order valence-corrected chi connectivity index (χ1v) is 8.01. The van der Waals surface area contributed by atoms with Gasteiger partial charge in [0, 0.05) is 11.6 Å². The molecule has 1 aromatic heterocycles. The van der Waals surface area contributed by atoms with Gasteiger partial charge in [-0.15, -0.1) is 0 Å². The fourth-order valence-corrected chi connectivity index (χ4v) is 2.26. The number of nitrogens with zero attached hydrogens (tertiary/aromatic N) is 2. The third-order valence-corrected chi connectivity index (χ3v) is 3.59. The van der Waals surface area contributed by atoms with Crippen LogP contribution in [0.1, 0.15) is 25.3 Å². The molecule has 0 spiro atoms. The fourth-order valence-electron chi connectivity index (χ4n) is 2.26. The topological polar surface area (TPSA) is 91.5 Å². The second-order valence-electron chi connectivity index (χ2n) is 5.91. The molecule has 3 N–H and O–H groups in total. The maximum absolute atomic E-state index is 12.3. The Hall–Kier alpha value is -2.91. The van der Waals surface area contributed by atoms with E-state index in [9.17, 15) is 13.2 Å². The molecule has 2 aromatic rings. The number of methoxy groups -OCH3 is 2. The van der Waals surface area contributed by atoms with E-state index >= 15 is 0 Å². The van der Waals surface area contributed by atoms with Crippen molar-refractivity contribution in [3.05, 3.63) is 23.9 Å². The molecule has 7 nitrogen and oxygen atoms in total. The number of hydrogen-bond donors (Lipinski definition) is 2. The maximum atomic E-state index is 12.3. The fraction of sp³-hybridized carbons (Fsp3) is 0.412. The van der Waals surface area contributed by atoms with Crippen molar-refractivity contribution in [3.8, 4) is 23.0 Å². The molecule has 0 unspecified atom stereocenters. The monoisotopic (exact) mass is 386 g/mol. The average molecular weight is 386 g/mol. The highest BCUT2D eigenvalue weighted by molar-refractivity contribution is 5.55. The number of nitrogen functional groups attached to an aromatic ring is 1. The lowest BCUT2D eigenvalue weighted by molar-refractivity contribution is -0.115. The molecular weight excluding hydrogens is 365 g/mol. The number of anilines is 2. The number of nitrogens with two attached hydrogens (primary N) is 1. The number of nitrogens with one attached hydrogen (secondary N) is 1. The van der Waals surface area contributed by atoms with E-state index in [-0.39, 0.29) is 23.4 Å². The summed E-state index contributed by atoms with van der Waals surface area (Å²) in [5.74, 6) is 1.32. The van der Waals surface area contributed by atoms with Crippen LogP contribution < -0.4 is 25.3 Å². The Labute approximate surface area is 154 Å². The van der Waals surface area contributed by atoms with E-state index in [1.54, 1.807) is 12.1 Å². The highest BCUT2D eigenvalue weighted by atomic mass is 19.4. The quantitative estimate of drug-likeness (QED) is 0.744. The molecule has 0 radical (unpaired) electrons. The molecule has 1 heterocycles. The zero-order valence-electron chi connectivity index (χ0n) is 15.3. The predicted molar refractivity (Wildman–Crippen MR) is 94.7 cm³/mol.